The second-order valence-electron chi connectivity index (χ2n) is 8.60. The van der Waals surface area contributed by atoms with E-state index in [0.29, 0.717) is 12.8 Å². The van der Waals surface area contributed by atoms with E-state index < -0.39 is 26.1 Å². The smallest absolute Gasteiger partial charge is 0.392 e. The molecule has 1 heterocycles. The van der Waals surface area contributed by atoms with Crippen LogP contribution in [0.2, 0.25) is 0 Å². The van der Waals surface area contributed by atoms with E-state index in [0.717, 1.165) is 0 Å². The fourth-order valence-corrected chi connectivity index (χ4v) is 4.86. The Hall–Kier alpha value is -0.0500. The lowest BCUT2D eigenvalue weighted by Crippen LogP contribution is -2.32. The zero-order valence-electron chi connectivity index (χ0n) is 17.8. The first kappa shape index (κ1) is 24.2. The van der Waals surface area contributed by atoms with Gasteiger partial charge in [-0.15, -0.1) is 0 Å². The van der Waals surface area contributed by atoms with Crippen molar-refractivity contribution in [1.82, 2.24) is 0 Å². The number of aliphatic hydroxyl groups is 1. The highest BCUT2D eigenvalue weighted by Crippen LogP contribution is 2.50. The summed E-state index contributed by atoms with van der Waals surface area (Å²) in [7, 11) is -4.31. The van der Waals surface area contributed by atoms with Crippen molar-refractivity contribution in [2.75, 3.05) is 13.2 Å². The van der Waals surface area contributed by atoms with Gasteiger partial charge in [0, 0.05) is 12.3 Å². The minimum atomic E-state index is -4.31. The summed E-state index contributed by atoms with van der Waals surface area (Å²) in [5.41, 5.74) is 0. The van der Waals surface area contributed by atoms with E-state index in [9.17, 15) is 14.6 Å². The molecule has 0 aromatic heterocycles. The van der Waals surface area contributed by atoms with Crippen LogP contribution in [0, 0.1) is 11.8 Å². The van der Waals surface area contributed by atoms with Crippen molar-refractivity contribution in [3.63, 3.8) is 0 Å². The molecule has 8 atom stereocenters. The van der Waals surface area contributed by atoms with E-state index in [2.05, 4.69) is 0 Å². The molecular weight excluding hydrogens is 387 g/mol. The number of ether oxygens (including phenoxy) is 3. The molecule has 0 aromatic rings. The fourth-order valence-electron chi connectivity index (χ4n) is 3.88. The first-order valence-corrected chi connectivity index (χ1v) is 11.7. The zero-order chi connectivity index (χ0) is 21.1. The summed E-state index contributed by atoms with van der Waals surface area (Å²) in [6, 6.07) is 0. The number of phosphoric acid groups is 1. The average Bonchev–Trinajstić information content (AvgIpc) is 3.02. The summed E-state index contributed by atoms with van der Waals surface area (Å²) in [4.78, 5) is 10.2. The molecule has 1 aliphatic heterocycles. The number of phosphoric ester groups is 1. The van der Waals surface area contributed by atoms with Crippen molar-refractivity contribution in [3.8, 4) is 0 Å². The molecule has 1 aliphatic carbocycles. The van der Waals surface area contributed by atoms with Gasteiger partial charge in [0.25, 0.3) is 0 Å². The third kappa shape index (κ3) is 7.03. The Bertz CT molecular complexity index is 528. The normalized spacial score (nSPS) is 38.4. The molecule has 1 saturated heterocycles. The first-order chi connectivity index (χ1) is 13.0. The van der Waals surface area contributed by atoms with Crippen LogP contribution in [-0.2, 0) is 27.8 Å². The Kier molecular flexibility index (Phi) is 8.92. The van der Waals surface area contributed by atoms with Crippen LogP contribution in [0.3, 0.4) is 0 Å². The van der Waals surface area contributed by atoms with Gasteiger partial charge in [0.15, 0.2) is 0 Å². The molecule has 2 N–H and O–H groups in total. The lowest BCUT2D eigenvalue weighted by Gasteiger charge is -2.26. The van der Waals surface area contributed by atoms with Crippen LogP contribution in [0.5, 0.6) is 0 Å². The monoisotopic (exact) mass is 424 g/mol. The Morgan fingerprint density at radius 3 is 2.36 bits per heavy atom. The molecule has 28 heavy (non-hydrogen) atoms. The molecule has 0 aromatic carbocycles. The van der Waals surface area contributed by atoms with Gasteiger partial charge in [0.05, 0.1) is 49.8 Å². The Morgan fingerprint density at radius 2 is 1.75 bits per heavy atom. The lowest BCUT2D eigenvalue weighted by molar-refractivity contribution is -0.0661. The predicted molar refractivity (Wildman–Crippen MR) is 104 cm³/mol. The molecule has 8 nitrogen and oxygen atoms in total. The van der Waals surface area contributed by atoms with E-state index in [-0.39, 0.29) is 49.5 Å². The van der Waals surface area contributed by atoms with Crippen LogP contribution in [0.4, 0.5) is 0 Å². The summed E-state index contributed by atoms with van der Waals surface area (Å²) in [5, 5.41) is 10.4. The minimum absolute atomic E-state index is 0.000243. The van der Waals surface area contributed by atoms with Crippen molar-refractivity contribution < 1.29 is 37.8 Å². The highest BCUT2D eigenvalue weighted by Gasteiger charge is 2.45. The molecule has 2 aliphatic rings. The van der Waals surface area contributed by atoms with Crippen molar-refractivity contribution in [1.29, 1.82) is 0 Å². The summed E-state index contributed by atoms with van der Waals surface area (Å²) in [6.07, 6.45) is -0.648. The Labute approximate surface area is 168 Å². The summed E-state index contributed by atoms with van der Waals surface area (Å²) >= 11 is 0. The number of rotatable bonds is 10. The zero-order valence-corrected chi connectivity index (χ0v) is 18.7. The molecule has 1 saturated carbocycles. The highest BCUT2D eigenvalue weighted by atomic mass is 31.2. The number of aliphatic hydroxyl groups excluding tert-OH is 1. The largest absolute Gasteiger partial charge is 0.472 e. The Balaban J connectivity index is 1.91. The van der Waals surface area contributed by atoms with E-state index in [1.165, 1.54) is 0 Å². The van der Waals surface area contributed by atoms with Gasteiger partial charge in [-0.3, -0.25) is 9.05 Å². The van der Waals surface area contributed by atoms with Crippen LogP contribution in [-0.4, -0.2) is 65.9 Å². The molecule has 5 unspecified atom stereocenters. The SMILES string of the molecule is CC(C)OC[C@@H]1C(OP(=O)(O)OCC2O[C@@H](C)CC2OC(C)C)C[C@H](C)C1O. The summed E-state index contributed by atoms with van der Waals surface area (Å²) < 4.78 is 40.4. The molecule has 0 radical (unpaired) electrons. The van der Waals surface area contributed by atoms with Crippen LogP contribution in [0.1, 0.15) is 54.4 Å². The second kappa shape index (κ2) is 10.3. The minimum Gasteiger partial charge on any atom is -0.392 e. The number of hydrogen-bond acceptors (Lipinski definition) is 7. The quantitative estimate of drug-likeness (QED) is 0.516. The molecule has 0 spiro atoms. The van der Waals surface area contributed by atoms with Crippen molar-refractivity contribution in [3.05, 3.63) is 0 Å². The van der Waals surface area contributed by atoms with Crippen LogP contribution < -0.4 is 0 Å². The summed E-state index contributed by atoms with van der Waals surface area (Å²) in [6.45, 7) is 11.7. The Morgan fingerprint density at radius 1 is 1.07 bits per heavy atom. The number of hydrogen-bond donors (Lipinski definition) is 2. The first-order valence-electron chi connectivity index (χ1n) is 10.2. The molecule has 2 rings (SSSR count). The van der Waals surface area contributed by atoms with E-state index in [1.807, 2.05) is 41.5 Å². The van der Waals surface area contributed by atoms with E-state index >= 15 is 0 Å². The van der Waals surface area contributed by atoms with Crippen molar-refractivity contribution >= 4 is 7.82 Å². The van der Waals surface area contributed by atoms with E-state index in [1.54, 1.807) is 0 Å². The van der Waals surface area contributed by atoms with Gasteiger partial charge >= 0.3 is 7.82 Å². The van der Waals surface area contributed by atoms with Gasteiger partial charge in [0.2, 0.25) is 0 Å². The molecule has 9 heteroatoms. The van der Waals surface area contributed by atoms with Gasteiger partial charge in [-0.1, -0.05) is 6.92 Å². The van der Waals surface area contributed by atoms with Gasteiger partial charge in [-0.05, 0) is 47.0 Å². The average molecular weight is 424 g/mol. The molecule has 2 fully saturated rings. The topological polar surface area (TPSA) is 104 Å². The van der Waals surface area contributed by atoms with Gasteiger partial charge in [0.1, 0.15) is 6.10 Å². The standard InChI is InChI=1S/C19H37O8P/c1-11(2)23-9-15-16(7-13(5)19(15)20)27-28(21,22)24-10-18-17(25-12(3)4)8-14(6)26-18/h11-20H,7-10H2,1-6H3,(H,21,22)/t13-,14-,15+,16?,17?,18?,19?/m0/s1. The highest BCUT2D eigenvalue weighted by molar-refractivity contribution is 7.47. The maximum Gasteiger partial charge on any atom is 0.472 e. The second-order valence-corrected chi connectivity index (χ2v) is 10.0. The molecular formula is C19H37O8P. The molecule has 0 bridgehead atoms. The van der Waals surface area contributed by atoms with Crippen LogP contribution in [0.25, 0.3) is 0 Å². The maximum atomic E-state index is 12.5. The van der Waals surface area contributed by atoms with Crippen molar-refractivity contribution in [2.24, 2.45) is 11.8 Å². The predicted octanol–water partition coefficient (Wildman–Crippen LogP) is 2.90. The van der Waals surface area contributed by atoms with Gasteiger partial charge < -0.3 is 24.2 Å². The molecule has 166 valence electrons. The van der Waals surface area contributed by atoms with Crippen LogP contribution in [0.15, 0.2) is 0 Å². The fraction of sp³-hybridized carbons (Fsp3) is 1.00. The van der Waals surface area contributed by atoms with Gasteiger partial charge in [-0.25, -0.2) is 4.57 Å². The lowest BCUT2D eigenvalue weighted by atomic mass is 10.0. The van der Waals surface area contributed by atoms with E-state index in [4.69, 9.17) is 23.3 Å². The molecule has 0 amide bonds. The van der Waals surface area contributed by atoms with Crippen molar-refractivity contribution in [2.45, 2.75) is 97.1 Å². The summed E-state index contributed by atoms with van der Waals surface area (Å²) in [5.74, 6) is -0.421. The third-order valence-electron chi connectivity index (χ3n) is 5.23. The van der Waals surface area contributed by atoms with Gasteiger partial charge in [-0.2, -0.15) is 0 Å². The van der Waals surface area contributed by atoms with Crippen LogP contribution >= 0.6 is 7.82 Å². The third-order valence-corrected chi connectivity index (χ3v) is 6.24. The maximum absolute atomic E-state index is 12.5.